The quantitative estimate of drug-likeness (QED) is 0.226. The lowest BCUT2D eigenvalue weighted by atomic mass is 9.95. The van der Waals surface area contributed by atoms with Gasteiger partial charge in [-0.05, 0) is 32.6 Å². The Hall–Kier alpha value is -2.53. The van der Waals surface area contributed by atoms with E-state index in [9.17, 15) is 29.1 Å². The van der Waals surface area contributed by atoms with Gasteiger partial charge in [0.2, 0.25) is 23.6 Å². The zero-order valence-corrected chi connectivity index (χ0v) is 22.9. The monoisotopic (exact) mass is 514 g/mol. The second-order valence-electron chi connectivity index (χ2n) is 9.98. The van der Waals surface area contributed by atoms with Gasteiger partial charge in [0.15, 0.2) is 0 Å². The Kier molecular flexibility index (Phi) is 15.1. The molecule has 0 aromatic heterocycles. The molecule has 0 aliphatic carbocycles. The van der Waals surface area contributed by atoms with E-state index in [4.69, 9.17) is 10.5 Å². The third-order valence-corrected chi connectivity index (χ3v) is 6.27. The molecule has 208 valence electrons. The van der Waals surface area contributed by atoms with Gasteiger partial charge in [0.1, 0.15) is 25.0 Å². The van der Waals surface area contributed by atoms with Crippen molar-refractivity contribution in [3.05, 3.63) is 0 Å². The van der Waals surface area contributed by atoms with Gasteiger partial charge in [-0.15, -0.1) is 0 Å². The number of carbonyl (C=O) groups is 5. The van der Waals surface area contributed by atoms with E-state index in [1.807, 2.05) is 6.92 Å². The van der Waals surface area contributed by atoms with Gasteiger partial charge in [0.05, 0.1) is 24.7 Å². The lowest BCUT2D eigenvalue weighted by molar-refractivity contribution is -0.145. The lowest BCUT2D eigenvalue weighted by Gasteiger charge is -2.34. The molecular weight excluding hydrogens is 468 g/mol. The van der Waals surface area contributed by atoms with E-state index in [1.54, 1.807) is 20.8 Å². The van der Waals surface area contributed by atoms with Crippen LogP contribution in [0, 0.1) is 5.92 Å². The van der Waals surface area contributed by atoms with Crippen molar-refractivity contribution in [3.63, 3.8) is 0 Å². The highest BCUT2D eigenvalue weighted by molar-refractivity contribution is 5.92. The van der Waals surface area contributed by atoms with Gasteiger partial charge in [-0.1, -0.05) is 33.6 Å². The minimum absolute atomic E-state index is 0.0330. The van der Waals surface area contributed by atoms with Crippen LogP contribution < -0.4 is 11.1 Å². The van der Waals surface area contributed by atoms with E-state index in [0.717, 1.165) is 24.2 Å². The van der Waals surface area contributed by atoms with Crippen molar-refractivity contribution in [2.45, 2.75) is 96.9 Å². The first-order valence-electron chi connectivity index (χ1n) is 12.6. The first-order chi connectivity index (χ1) is 16.7. The van der Waals surface area contributed by atoms with E-state index in [1.165, 1.54) is 19.0 Å². The number of amides is 4. The van der Waals surface area contributed by atoms with Gasteiger partial charge in [-0.25, -0.2) is 0 Å². The van der Waals surface area contributed by atoms with Crippen molar-refractivity contribution in [1.82, 2.24) is 15.1 Å². The summed E-state index contributed by atoms with van der Waals surface area (Å²) < 4.78 is 5.42. The molecule has 4 amide bonds. The molecule has 0 radical (unpaired) electrons. The summed E-state index contributed by atoms with van der Waals surface area (Å²) in [5.74, 6) is -2.20. The van der Waals surface area contributed by atoms with Crippen LogP contribution in [0.3, 0.4) is 0 Å². The number of unbranched alkanes of at least 4 members (excludes halogenated alkanes) is 1. The molecule has 0 fully saturated rings. The van der Waals surface area contributed by atoms with Gasteiger partial charge in [0, 0.05) is 20.5 Å². The fourth-order valence-corrected chi connectivity index (χ4v) is 3.75. The van der Waals surface area contributed by atoms with Crippen LogP contribution in [-0.2, 0) is 28.7 Å². The van der Waals surface area contributed by atoms with E-state index < -0.39 is 47.4 Å². The molecule has 0 aromatic carbocycles. The summed E-state index contributed by atoms with van der Waals surface area (Å²) in [6.07, 6.45) is 2.81. The summed E-state index contributed by atoms with van der Waals surface area (Å²) in [5, 5.41) is 12.9. The van der Waals surface area contributed by atoms with Gasteiger partial charge in [-0.2, -0.15) is 0 Å². The number of rotatable bonds is 18. The Balaban J connectivity index is 5.10. The Bertz CT molecular complexity index is 744. The van der Waals surface area contributed by atoms with Crippen LogP contribution in [-0.4, -0.2) is 95.9 Å². The molecule has 11 nitrogen and oxygen atoms in total. The van der Waals surface area contributed by atoms with E-state index >= 15 is 0 Å². The Labute approximate surface area is 215 Å². The highest BCUT2D eigenvalue weighted by Crippen LogP contribution is 2.20. The SMILES string of the molecule is CCCC[C@@H](C)[C@@H](O)CC(=O)N[C@@H](CC)C(=O)N(C)CC(=O)N(C)[C@@H](CC(C)(C)OCC=O)C(N)=O. The maximum atomic E-state index is 12.9. The molecule has 0 aliphatic heterocycles. The van der Waals surface area contributed by atoms with Crippen molar-refractivity contribution in [3.8, 4) is 0 Å². The molecule has 11 heteroatoms. The second-order valence-corrected chi connectivity index (χ2v) is 9.98. The fraction of sp³-hybridized carbons (Fsp3) is 0.800. The third kappa shape index (κ3) is 11.9. The molecule has 0 aromatic rings. The number of nitrogens with zero attached hydrogens (tertiary/aromatic N) is 2. The van der Waals surface area contributed by atoms with Crippen LogP contribution in [0.4, 0.5) is 0 Å². The highest BCUT2D eigenvalue weighted by atomic mass is 16.5. The molecule has 4 N–H and O–H groups in total. The molecule has 36 heavy (non-hydrogen) atoms. The van der Waals surface area contributed by atoms with E-state index in [-0.39, 0.29) is 31.9 Å². The van der Waals surface area contributed by atoms with Crippen LogP contribution in [0.25, 0.3) is 0 Å². The topological polar surface area (TPSA) is 159 Å². The summed E-state index contributed by atoms with van der Waals surface area (Å²) in [5.41, 5.74) is 4.61. The van der Waals surface area contributed by atoms with Gasteiger partial charge in [-0.3, -0.25) is 19.2 Å². The zero-order valence-electron chi connectivity index (χ0n) is 22.9. The Morgan fingerprint density at radius 3 is 2.28 bits per heavy atom. The third-order valence-electron chi connectivity index (χ3n) is 6.27. The predicted molar refractivity (Wildman–Crippen MR) is 136 cm³/mol. The molecular formula is C25H46N4O7. The van der Waals surface area contributed by atoms with Crippen LogP contribution in [0.1, 0.15) is 73.1 Å². The molecule has 0 heterocycles. The summed E-state index contributed by atoms with van der Waals surface area (Å²) in [4.78, 5) is 63.2. The average molecular weight is 515 g/mol. The van der Waals surface area contributed by atoms with Crippen molar-refractivity contribution < 1.29 is 33.8 Å². The molecule has 0 bridgehead atoms. The summed E-state index contributed by atoms with van der Waals surface area (Å²) in [6, 6.07) is -1.87. The lowest BCUT2D eigenvalue weighted by Crippen LogP contribution is -2.54. The summed E-state index contributed by atoms with van der Waals surface area (Å²) >= 11 is 0. The number of hydrogen-bond donors (Lipinski definition) is 3. The maximum Gasteiger partial charge on any atom is 0.245 e. The highest BCUT2D eigenvalue weighted by Gasteiger charge is 2.34. The van der Waals surface area contributed by atoms with Crippen molar-refractivity contribution in [2.24, 2.45) is 11.7 Å². The van der Waals surface area contributed by atoms with Crippen molar-refractivity contribution >= 4 is 29.9 Å². The number of nitrogens with one attached hydrogen (secondary N) is 1. The molecule has 0 unspecified atom stereocenters. The zero-order chi connectivity index (χ0) is 28.1. The minimum Gasteiger partial charge on any atom is -0.392 e. The van der Waals surface area contributed by atoms with Gasteiger partial charge >= 0.3 is 0 Å². The van der Waals surface area contributed by atoms with Crippen molar-refractivity contribution in [2.75, 3.05) is 27.2 Å². The predicted octanol–water partition coefficient (Wildman–Crippen LogP) is 0.613. The normalized spacial score (nSPS) is 14.8. The molecule has 0 saturated heterocycles. The number of nitrogens with two attached hydrogens (primary N) is 1. The first kappa shape index (κ1) is 33.5. The number of hydrogen-bond acceptors (Lipinski definition) is 7. The van der Waals surface area contributed by atoms with Crippen LogP contribution in [0.15, 0.2) is 0 Å². The Morgan fingerprint density at radius 2 is 1.78 bits per heavy atom. The average Bonchev–Trinajstić information content (AvgIpc) is 2.81. The van der Waals surface area contributed by atoms with E-state index in [0.29, 0.717) is 12.7 Å². The molecule has 0 rings (SSSR count). The van der Waals surface area contributed by atoms with E-state index in [2.05, 4.69) is 12.2 Å². The molecule has 4 atom stereocenters. The van der Waals surface area contributed by atoms with Crippen LogP contribution >= 0.6 is 0 Å². The number of aldehydes is 1. The fourth-order valence-electron chi connectivity index (χ4n) is 3.75. The van der Waals surface area contributed by atoms with Crippen LogP contribution in [0.2, 0.25) is 0 Å². The van der Waals surface area contributed by atoms with Crippen molar-refractivity contribution in [1.29, 1.82) is 0 Å². The largest absolute Gasteiger partial charge is 0.392 e. The maximum absolute atomic E-state index is 12.9. The number of aliphatic hydroxyl groups excluding tert-OH is 1. The number of aliphatic hydroxyl groups is 1. The summed E-state index contributed by atoms with van der Waals surface area (Å²) in [6.45, 7) is 8.54. The minimum atomic E-state index is -1.01. The van der Waals surface area contributed by atoms with Gasteiger partial charge in [0.25, 0.3) is 0 Å². The number of likely N-dealkylation sites (N-methyl/N-ethyl adjacent to an activating group) is 2. The standard InChI is InChI=1S/C25H46N4O7/c1-8-10-11-17(3)20(31)14-21(32)27-18(9-2)24(35)28(6)16-22(33)29(7)19(23(26)34)15-25(4,5)36-13-12-30/h12,17-20,31H,8-11,13-16H2,1-7H3,(H2,26,34)(H,27,32)/t17-,18+,19+,20+/m1/s1. The summed E-state index contributed by atoms with van der Waals surface area (Å²) in [7, 11) is 2.84. The Morgan fingerprint density at radius 1 is 1.17 bits per heavy atom. The molecule has 0 saturated carbocycles. The number of primary amides is 1. The first-order valence-corrected chi connectivity index (χ1v) is 12.6. The molecule has 0 spiro atoms. The number of carbonyl (C=O) groups excluding carboxylic acids is 5. The smallest absolute Gasteiger partial charge is 0.245 e. The number of ether oxygens (including phenoxy) is 1. The van der Waals surface area contributed by atoms with Crippen LogP contribution in [0.5, 0.6) is 0 Å². The molecule has 0 aliphatic rings. The second kappa shape index (κ2) is 16.3. The van der Waals surface area contributed by atoms with Gasteiger partial charge < -0.3 is 35.5 Å².